The number of methoxy groups -OCH3 is 1. The maximum Gasteiger partial charge on any atom is 0.330 e. The molecule has 0 spiro atoms. The summed E-state index contributed by atoms with van der Waals surface area (Å²) in [5.74, 6) is 0.743. The van der Waals surface area contributed by atoms with Gasteiger partial charge in [0, 0.05) is 19.0 Å². The molecule has 1 aliphatic rings. The molecule has 0 bridgehead atoms. The first kappa shape index (κ1) is 14.3. The standard InChI is InChI=1S/C14H18N2O4/c1-9-13(20-11(16-9)8-10-5-6-10)14(18)15-7-3-4-12(17)19-2/h3-4,10H,5-8H2,1-2H3,(H,15,18)/b4-3+. The number of carbonyl (C=O) groups excluding carboxylic acids is 2. The zero-order valence-corrected chi connectivity index (χ0v) is 11.6. The highest BCUT2D eigenvalue weighted by molar-refractivity contribution is 5.92. The first-order chi connectivity index (χ1) is 9.60. The predicted octanol–water partition coefficient (Wildman–Crippen LogP) is 1.39. The molecule has 0 unspecified atom stereocenters. The molecule has 1 heterocycles. The Bertz CT molecular complexity index is 529. The summed E-state index contributed by atoms with van der Waals surface area (Å²) in [4.78, 5) is 27.0. The number of nitrogens with zero attached hydrogens (tertiary/aromatic N) is 1. The van der Waals surface area contributed by atoms with Crippen LogP contribution in [0.3, 0.4) is 0 Å². The first-order valence-electron chi connectivity index (χ1n) is 6.59. The Balaban J connectivity index is 1.86. The summed E-state index contributed by atoms with van der Waals surface area (Å²) in [5, 5.41) is 2.63. The topological polar surface area (TPSA) is 81.4 Å². The van der Waals surface area contributed by atoms with Gasteiger partial charge in [0.05, 0.1) is 12.8 Å². The summed E-state index contributed by atoms with van der Waals surface area (Å²) < 4.78 is 9.93. The predicted molar refractivity (Wildman–Crippen MR) is 71.2 cm³/mol. The molecule has 0 saturated heterocycles. The third kappa shape index (κ3) is 3.94. The van der Waals surface area contributed by atoms with Gasteiger partial charge in [-0.15, -0.1) is 0 Å². The Kier molecular flexibility index (Phi) is 4.55. The summed E-state index contributed by atoms with van der Waals surface area (Å²) in [6.45, 7) is 1.98. The molecular weight excluding hydrogens is 260 g/mol. The molecule has 1 aromatic rings. The highest BCUT2D eigenvalue weighted by Crippen LogP contribution is 2.32. The fraction of sp³-hybridized carbons (Fsp3) is 0.500. The number of hydrogen-bond acceptors (Lipinski definition) is 5. The van der Waals surface area contributed by atoms with Gasteiger partial charge in [0.1, 0.15) is 0 Å². The first-order valence-corrected chi connectivity index (χ1v) is 6.59. The second-order valence-electron chi connectivity index (χ2n) is 4.81. The van der Waals surface area contributed by atoms with Crippen molar-refractivity contribution in [1.29, 1.82) is 0 Å². The summed E-state index contributed by atoms with van der Waals surface area (Å²) in [6, 6.07) is 0. The lowest BCUT2D eigenvalue weighted by Crippen LogP contribution is -2.23. The Morgan fingerprint density at radius 2 is 2.25 bits per heavy atom. The Morgan fingerprint density at radius 3 is 2.90 bits per heavy atom. The number of hydrogen-bond donors (Lipinski definition) is 1. The van der Waals surface area contributed by atoms with Crippen LogP contribution in [0.2, 0.25) is 0 Å². The second kappa shape index (κ2) is 6.36. The number of esters is 1. The van der Waals surface area contributed by atoms with Gasteiger partial charge in [0.15, 0.2) is 5.89 Å². The molecule has 6 heteroatoms. The number of rotatable bonds is 6. The van der Waals surface area contributed by atoms with Crippen molar-refractivity contribution in [3.05, 3.63) is 29.5 Å². The van der Waals surface area contributed by atoms with Crippen molar-refractivity contribution in [2.24, 2.45) is 5.92 Å². The van der Waals surface area contributed by atoms with Gasteiger partial charge in [0.2, 0.25) is 5.76 Å². The molecule has 1 fully saturated rings. The van der Waals surface area contributed by atoms with E-state index in [1.165, 1.54) is 32.1 Å². The summed E-state index contributed by atoms with van der Waals surface area (Å²) in [6.07, 6.45) is 5.99. The van der Waals surface area contributed by atoms with Crippen LogP contribution in [0.1, 0.15) is 35.0 Å². The minimum absolute atomic E-state index is 0.228. The van der Waals surface area contributed by atoms with E-state index in [4.69, 9.17) is 4.42 Å². The van der Waals surface area contributed by atoms with Gasteiger partial charge in [-0.1, -0.05) is 6.08 Å². The number of aryl methyl sites for hydroxylation is 1. The SMILES string of the molecule is COC(=O)/C=C/CNC(=O)c1oc(CC2CC2)nc1C. The van der Waals surface area contributed by atoms with Crippen molar-refractivity contribution in [3.8, 4) is 0 Å². The second-order valence-corrected chi connectivity index (χ2v) is 4.81. The van der Waals surface area contributed by atoms with Gasteiger partial charge < -0.3 is 14.5 Å². The zero-order valence-electron chi connectivity index (χ0n) is 11.6. The van der Waals surface area contributed by atoms with Crippen molar-refractivity contribution in [2.45, 2.75) is 26.2 Å². The third-order valence-electron chi connectivity index (χ3n) is 3.04. The monoisotopic (exact) mass is 278 g/mol. The van der Waals surface area contributed by atoms with Crippen molar-refractivity contribution in [1.82, 2.24) is 10.3 Å². The Hall–Kier alpha value is -2.11. The summed E-state index contributed by atoms with van der Waals surface area (Å²) in [5.41, 5.74) is 0.593. The van der Waals surface area contributed by atoms with Gasteiger partial charge in [-0.25, -0.2) is 9.78 Å². The molecule has 1 amide bonds. The zero-order chi connectivity index (χ0) is 14.5. The quantitative estimate of drug-likeness (QED) is 0.628. The van der Waals surface area contributed by atoms with E-state index < -0.39 is 5.97 Å². The van der Waals surface area contributed by atoms with Gasteiger partial charge >= 0.3 is 5.97 Å². The smallest absolute Gasteiger partial charge is 0.330 e. The highest BCUT2D eigenvalue weighted by Gasteiger charge is 2.25. The number of aromatic nitrogens is 1. The summed E-state index contributed by atoms with van der Waals surface area (Å²) >= 11 is 0. The van der Waals surface area contributed by atoms with Crippen LogP contribution >= 0.6 is 0 Å². The normalized spacial score (nSPS) is 14.5. The minimum atomic E-state index is -0.457. The maximum atomic E-state index is 11.9. The van der Waals surface area contributed by atoms with E-state index >= 15 is 0 Å². The van der Waals surface area contributed by atoms with E-state index in [0.717, 1.165) is 6.42 Å². The number of oxazole rings is 1. The highest BCUT2D eigenvalue weighted by atomic mass is 16.5. The van der Waals surface area contributed by atoms with Crippen LogP contribution in [-0.4, -0.2) is 30.5 Å². The van der Waals surface area contributed by atoms with Gasteiger partial charge in [0.25, 0.3) is 5.91 Å². The molecule has 6 nitrogen and oxygen atoms in total. The van der Waals surface area contributed by atoms with Crippen LogP contribution in [0.5, 0.6) is 0 Å². The maximum absolute atomic E-state index is 11.9. The van der Waals surface area contributed by atoms with E-state index in [0.29, 0.717) is 17.5 Å². The molecule has 1 saturated carbocycles. The molecule has 1 aromatic heterocycles. The molecule has 108 valence electrons. The lowest BCUT2D eigenvalue weighted by Gasteiger charge is -1.99. The van der Waals surface area contributed by atoms with Crippen molar-refractivity contribution < 1.29 is 18.7 Å². The van der Waals surface area contributed by atoms with Crippen LogP contribution in [0.15, 0.2) is 16.6 Å². The number of amides is 1. The third-order valence-corrected chi connectivity index (χ3v) is 3.04. The largest absolute Gasteiger partial charge is 0.466 e. The molecule has 1 N–H and O–H groups in total. The molecule has 20 heavy (non-hydrogen) atoms. The van der Waals surface area contributed by atoms with Crippen molar-refractivity contribution >= 4 is 11.9 Å². The van der Waals surface area contributed by atoms with Crippen LogP contribution in [-0.2, 0) is 16.0 Å². The molecule has 1 aliphatic carbocycles. The molecule has 0 aliphatic heterocycles. The van der Waals surface area contributed by atoms with E-state index in [2.05, 4.69) is 15.0 Å². The van der Waals surface area contributed by atoms with E-state index in [-0.39, 0.29) is 18.2 Å². The molecule has 0 aromatic carbocycles. The van der Waals surface area contributed by atoms with Crippen LogP contribution in [0, 0.1) is 12.8 Å². The van der Waals surface area contributed by atoms with E-state index in [1.54, 1.807) is 6.92 Å². The summed E-state index contributed by atoms with van der Waals surface area (Å²) in [7, 11) is 1.30. The van der Waals surface area contributed by atoms with Gasteiger partial charge in [-0.05, 0) is 25.7 Å². The average molecular weight is 278 g/mol. The van der Waals surface area contributed by atoms with Crippen LogP contribution < -0.4 is 5.32 Å². The molecule has 0 atom stereocenters. The Morgan fingerprint density at radius 1 is 1.50 bits per heavy atom. The van der Waals surface area contributed by atoms with Gasteiger partial charge in [-0.2, -0.15) is 0 Å². The van der Waals surface area contributed by atoms with Crippen molar-refractivity contribution in [2.75, 3.05) is 13.7 Å². The van der Waals surface area contributed by atoms with Gasteiger partial charge in [-0.3, -0.25) is 4.79 Å². The lowest BCUT2D eigenvalue weighted by atomic mass is 10.3. The Labute approximate surface area is 117 Å². The number of ether oxygens (including phenoxy) is 1. The average Bonchev–Trinajstić information content (AvgIpc) is 3.16. The lowest BCUT2D eigenvalue weighted by molar-refractivity contribution is -0.134. The van der Waals surface area contributed by atoms with Crippen molar-refractivity contribution in [3.63, 3.8) is 0 Å². The fourth-order valence-electron chi connectivity index (χ4n) is 1.77. The van der Waals surface area contributed by atoms with Crippen LogP contribution in [0.4, 0.5) is 0 Å². The number of carbonyl (C=O) groups is 2. The minimum Gasteiger partial charge on any atom is -0.466 e. The molecule has 2 rings (SSSR count). The fourth-order valence-corrected chi connectivity index (χ4v) is 1.77. The van der Waals surface area contributed by atoms with Crippen LogP contribution in [0.25, 0.3) is 0 Å². The molecule has 0 radical (unpaired) electrons. The molecular formula is C14H18N2O4. The van der Waals surface area contributed by atoms with E-state index in [9.17, 15) is 9.59 Å². The van der Waals surface area contributed by atoms with E-state index in [1.807, 2.05) is 0 Å². The number of nitrogens with one attached hydrogen (secondary N) is 1.